The smallest absolute Gasteiger partial charge is 0.243 e. The molecule has 0 spiro atoms. The Labute approximate surface area is 159 Å². The van der Waals surface area contributed by atoms with Crippen LogP contribution in [0, 0.1) is 6.92 Å². The summed E-state index contributed by atoms with van der Waals surface area (Å²) in [5.41, 5.74) is 1.80. The third-order valence-corrected chi connectivity index (χ3v) is 6.63. The van der Waals surface area contributed by atoms with Gasteiger partial charge in [0.25, 0.3) is 0 Å². The molecule has 1 fully saturated rings. The summed E-state index contributed by atoms with van der Waals surface area (Å²) in [7, 11) is -3.52. The fraction of sp³-hybridized carbons (Fsp3) is 0.316. The van der Waals surface area contributed by atoms with Crippen molar-refractivity contribution in [2.24, 2.45) is 0 Å². The zero-order chi connectivity index (χ0) is 18.7. The van der Waals surface area contributed by atoms with Crippen molar-refractivity contribution in [3.63, 3.8) is 0 Å². The minimum absolute atomic E-state index is 0.0000686. The highest BCUT2D eigenvalue weighted by atomic mass is 35.5. The van der Waals surface area contributed by atoms with Gasteiger partial charge in [-0.1, -0.05) is 35.9 Å². The minimum Gasteiger partial charge on any atom is -0.340 e. The van der Waals surface area contributed by atoms with E-state index in [0.29, 0.717) is 42.5 Å². The molecule has 2 aromatic carbocycles. The molecular weight excluding hydrogens is 372 g/mol. The zero-order valence-corrected chi connectivity index (χ0v) is 16.1. The predicted molar refractivity (Wildman–Crippen MR) is 102 cm³/mol. The Morgan fingerprint density at radius 1 is 1.04 bits per heavy atom. The molecule has 3 rings (SSSR count). The summed E-state index contributed by atoms with van der Waals surface area (Å²) in [4.78, 5) is 14.5. The van der Waals surface area contributed by atoms with Crippen LogP contribution in [0.1, 0.15) is 11.1 Å². The summed E-state index contributed by atoms with van der Waals surface area (Å²) in [6.45, 7) is 3.28. The molecule has 1 aliphatic rings. The number of carbonyl (C=O) groups excluding carboxylic acids is 1. The van der Waals surface area contributed by atoms with E-state index in [9.17, 15) is 13.2 Å². The van der Waals surface area contributed by atoms with E-state index >= 15 is 0 Å². The third-order valence-electron chi connectivity index (χ3n) is 4.49. The van der Waals surface area contributed by atoms with E-state index in [-0.39, 0.29) is 5.91 Å². The lowest BCUT2D eigenvalue weighted by molar-refractivity contribution is -0.131. The van der Waals surface area contributed by atoms with Gasteiger partial charge in [-0.15, -0.1) is 0 Å². The van der Waals surface area contributed by atoms with Gasteiger partial charge in [0.05, 0.1) is 11.3 Å². The summed E-state index contributed by atoms with van der Waals surface area (Å²) in [5, 5.41) is 0.635. The molecule has 1 aliphatic heterocycles. The van der Waals surface area contributed by atoms with Crippen LogP contribution < -0.4 is 0 Å². The zero-order valence-electron chi connectivity index (χ0n) is 14.6. The van der Waals surface area contributed by atoms with Crippen molar-refractivity contribution >= 4 is 27.5 Å². The molecule has 0 aromatic heterocycles. The number of piperazine rings is 1. The van der Waals surface area contributed by atoms with Crippen molar-refractivity contribution in [3.05, 3.63) is 64.7 Å². The Bertz CT molecular complexity index is 889. The van der Waals surface area contributed by atoms with Crippen molar-refractivity contribution in [2.45, 2.75) is 18.2 Å². The first-order chi connectivity index (χ1) is 12.4. The van der Waals surface area contributed by atoms with Gasteiger partial charge in [0.2, 0.25) is 15.9 Å². The lowest BCUT2D eigenvalue weighted by atomic mass is 10.1. The average Bonchev–Trinajstić information content (AvgIpc) is 2.64. The Morgan fingerprint density at radius 3 is 2.31 bits per heavy atom. The highest BCUT2D eigenvalue weighted by Crippen LogP contribution is 2.19. The van der Waals surface area contributed by atoms with E-state index in [1.807, 2.05) is 25.1 Å². The Kier molecular flexibility index (Phi) is 5.65. The van der Waals surface area contributed by atoms with Gasteiger partial charge in [0.15, 0.2) is 0 Å². The SMILES string of the molecule is Cc1cccc(S(=O)(=O)N2CCN(C(=O)Cc3ccc(Cl)cc3)CC2)c1. The molecule has 0 bridgehead atoms. The van der Waals surface area contributed by atoms with Crippen LogP contribution in [-0.4, -0.2) is 49.7 Å². The number of sulfonamides is 1. The van der Waals surface area contributed by atoms with Crippen LogP contribution in [0.15, 0.2) is 53.4 Å². The molecule has 5 nitrogen and oxygen atoms in total. The first kappa shape index (κ1) is 18.9. The van der Waals surface area contributed by atoms with E-state index in [4.69, 9.17) is 11.6 Å². The fourth-order valence-corrected chi connectivity index (χ4v) is 4.64. The lowest BCUT2D eigenvalue weighted by Crippen LogP contribution is -2.50. The van der Waals surface area contributed by atoms with Crippen molar-refractivity contribution in [1.29, 1.82) is 0 Å². The van der Waals surface area contributed by atoms with Crippen LogP contribution >= 0.6 is 11.6 Å². The molecule has 138 valence electrons. The van der Waals surface area contributed by atoms with Gasteiger partial charge in [-0.2, -0.15) is 4.31 Å². The molecule has 2 aromatic rings. The molecule has 0 radical (unpaired) electrons. The monoisotopic (exact) mass is 392 g/mol. The average molecular weight is 393 g/mol. The van der Waals surface area contributed by atoms with Gasteiger partial charge < -0.3 is 4.90 Å². The number of benzene rings is 2. The lowest BCUT2D eigenvalue weighted by Gasteiger charge is -2.34. The molecule has 0 unspecified atom stereocenters. The van der Waals surface area contributed by atoms with Crippen molar-refractivity contribution in [2.75, 3.05) is 26.2 Å². The van der Waals surface area contributed by atoms with Gasteiger partial charge in [-0.25, -0.2) is 8.42 Å². The second-order valence-electron chi connectivity index (χ2n) is 6.40. The largest absolute Gasteiger partial charge is 0.340 e. The number of hydrogen-bond donors (Lipinski definition) is 0. The Balaban J connectivity index is 1.61. The van der Waals surface area contributed by atoms with Crippen LogP contribution in [-0.2, 0) is 21.2 Å². The molecule has 0 N–H and O–H groups in total. The maximum atomic E-state index is 12.7. The normalized spacial score (nSPS) is 15.8. The van der Waals surface area contributed by atoms with Gasteiger partial charge in [-0.05, 0) is 42.3 Å². The second-order valence-corrected chi connectivity index (χ2v) is 8.78. The Morgan fingerprint density at radius 2 is 1.69 bits per heavy atom. The Hall–Kier alpha value is -1.89. The summed E-state index contributed by atoms with van der Waals surface area (Å²) < 4.78 is 26.9. The second kappa shape index (κ2) is 7.78. The maximum Gasteiger partial charge on any atom is 0.243 e. The van der Waals surface area contributed by atoms with E-state index < -0.39 is 10.0 Å². The highest BCUT2D eigenvalue weighted by Gasteiger charge is 2.30. The summed E-state index contributed by atoms with van der Waals surface area (Å²) in [5.74, 6) is -0.0000686. The van der Waals surface area contributed by atoms with Gasteiger partial charge in [0.1, 0.15) is 0 Å². The summed E-state index contributed by atoms with van der Waals surface area (Å²) in [6.07, 6.45) is 0.293. The number of hydrogen-bond acceptors (Lipinski definition) is 3. The predicted octanol–water partition coefficient (Wildman–Crippen LogP) is 2.72. The number of rotatable bonds is 4. The van der Waals surface area contributed by atoms with Crippen molar-refractivity contribution in [3.8, 4) is 0 Å². The number of halogens is 1. The summed E-state index contributed by atoms with van der Waals surface area (Å²) in [6, 6.07) is 14.1. The molecular formula is C19H21ClN2O3S. The quantitative estimate of drug-likeness (QED) is 0.803. The molecule has 1 saturated heterocycles. The van der Waals surface area contributed by atoms with E-state index in [1.54, 1.807) is 35.2 Å². The van der Waals surface area contributed by atoms with Crippen LogP contribution in [0.4, 0.5) is 0 Å². The third kappa shape index (κ3) is 4.26. The standard InChI is InChI=1S/C19H21ClN2O3S/c1-15-3-2-4-18(13-15)26(24,25)22-11-9-21(10-12-22)19(23)14-16-5-7-17(20)8-6-16/h2-8,13H,9-12,14H2,1H3. The van der Waals surface area contributed by atoms with Crippen LogP contribution in [0.3, 0.4) is 0 Å². The molecule has 0 atom stereocenters. The van der Waals surface area contributed by atoms with Crippen LogP contribution in [0.2, 0.25) is 5.02 Å². The highest BCUT2D eigenvalue weighted by molar-refractivity contribution is 7.89. The summed E-state index contributed by atoms with van der Waals surface area (Å²) >= 11 is 5.86. The van der Waals surface area contributed by atoms with Gasteiger partial charge in [-0.3, -0.25) is 4.79 Å². The van der Waals surface area contributed by atoms with E-state index in [0.717, 1.165) is 11.1 Å². The van der Waals surface area contributed by atoms with Crippen molar-refractivity contribution < 1.29 is 13.2 Å². The van der Waals surface area contributed by atoms with Gasteiger partial charge in [0, 0.05) is 31.2 Å². The van der Waals surface area contributed by atoms with Crippen LogP contribution in [0.5, 0.6) is 0 Å². The number of nitrogens with zero attached hydrogens (tertiary/aromatic N) is 2. The van der Waals surface area contributed by atoms with Gasteiger partial charge >= 0.3 is 0 Å². The first-order valence-electron chi connectivity index (χ1n) is 8.45. The molecule has 0 aliphatic carbocycles. The molecule has 26 heavy (non-hydrogen) atoms. The molecule has 1 heterocycles. The minimum atomic E-state index is -3.52. The van der Waals surface area contributed by atoms with E-state index in [1.165, 1.54) is 4.31 Å². The molecule has 7 heteroatoms. The maximum absolute atomic E-state index is 12.7. The number of carbonyl (C=O) groups is 1. The topological polar surface area (TPSA) is 57.7 Å². The number of aryl methyl sites for hydroxylation is 1. The molecule has 0 saturated carbocycles. The first-order valence-corrected chi connectivity index (χ1v) is 10.3. The van der Waals surface area contributed by atoms with Crippen LogP contribution in [0.25, 0.3) is 0 Å². The van der Waals surface area contributed by atoms with Crippen molar-refractivity contribution in [1.82, 2.24) is 9.21 Å². The van der Waals surface area contributed by atoms with E-state index in [2.05, 4.69) is 0 Å². The molecule has 1 amide bonds. The number of amides is 1. The fourth-order valence-electron chi connectivity index (χ4n) is 2.99.